The van der Waals surface area contributed by atoms with Crippen molar-refractivity contribution in [3.05, 3.63) is 41.5 Å². The Bertz CT molecular complexity index is 541. The highest BCUT2D eigenvalue weighted by Gasteiger charge is 2.11. The van der Waals surface area contributed by atoms with E-state index in [1.807, 2.05) is 12.1 Å². The van der Waals surface area contributed by atoms with Crippen LogP contribution in [0.2, 0.25) is 0 Å². The van der Waals surface area contributed by atoms with Crippen molar-refractivity contribution in [2.75, 3.05) is 6.54 Å². The molecule has 2 rings (SSSR count). The van der Waals surface area contributed by atoms with Gasteiger partial charge < -0.3 is 14.9 Å². The highest BCUT2D eigenvalue weighted by atomic mass is 16.5. The lowest BCUT2D eigenvalue weighted by Gasteiger charge is -2.19. The van der Waals surface area contributed by atoms with E-state index in [4.69, 9.17) is 4.52 Å². The van der Waals surface area contributed by atoms with E-state index in [-0.39, 0.29) is 11.3 Å². The lowest BCUT2D eigenvalue weighted by molar-refractivity contribution is 0.359. The number of aromatic hydroxyl groups is 1. The Morgan fingerprint density at radius 1 is 1.20 bits per heavy atom. The van der Waals surface area contributed by atoms with Gasteiger partial charge in [0.1, 0.15) is 5.75 Å². The van der Waals surface area contributed by atoms with Gasteiger partial charge in [-0.2, -0.15) is 4.98 Å². The molecule has 0 saturated carbocycles. The molecule has 5 heteroatoms. The van der Waals surface area contributed by atoms with E-state index >= 15 is 0 Å². The largest absolute Gasteiger partial charge is 0.508 e. The number of hydrogen-bond acceptors (Lipinski definition) is 5. The first-order valence-corrected chi connectivity index (χ1v) is 6.77. The number of phenols is 1. The van der Waals surface area contributed by atoms with Crippen LogP contribution < -0.4 is 5.32 Å². The molecular weight excluding hydrogens is 254 g/mol. The minimum Gasteiger partial charge on any atom is -0.508 e. The van der Waals surface area contributed by atoms with Gasteiger partial charge in [0.05, 0.1) is 0 Å². The maximum atomic E-state index is 9.23. The SMILES string of the molecule is CC(C)(C)NCCc1nc(Cc2ccc(O)cc2)no1. The van der Waals surface area contributed by atoms with Crippen LogP contribution in [0.3, 0.4) is 0 Å². The van der Waals surface area contributed by atoms with Gasteiger partial charge in [0.2, 0.25) is 5.89 Å². The molecule has 20 heavy (non-hydrogen) atoms. The van der Waals surface area contributed by atoms with E-state index in [1.54, 1.807) is 12.1 Å². The third kappa shape index (κ3) is 4.66. The second-order valence-corrected chi connectivity index (χ2v) is 5.87. The number of hydrogen-bond donors (Lipinski definition) is 2. The summed E-state index contributed by atoms with van der Waals surface area (Å²) in [5.74, 6) is 1.58. The van der Waals surface area contributed by atoms with Crippen LogP contribution in [-0.4, -0.2) is 27.3 Å². The zero-order valence-corrected chi connectivity index (χ0v) is 12.2. The molecule has 5 nitrogen and oxygen atoms in total. The Morgan fingerprint density at radius 2 is 1.90 bits per heavy atom. The molecule has 0 fully saturated rings. The van der Waals surface area contributed by atoms with E-state index in [0.29, 0.717) is 18.1 Å². The Morgan fingerprint density at radius 3 is 2.55 bits per heavy atom. The third-order valence-corrected chi connectivity index (χ3v) is 2.80. The second-order valence-electron chi connectivity index (χ2n) is 5.87. The van der Waals surface area contributed by atoms with Crippen LogP contribution in [0, 0.1) is 0 Å². The Labute approximate surface area is 119 Å². The molecule has 0 atom stereocenters. The fourth-order valence-corrected chi connectivity index (χ4v) is 1.80. The highest BCUT2D eigenvalue weighted by Crippen LogP contribution is 2.12. The number of benzene rings is 1. The highest BCUT2D eigenvalue weighted by molar-refractivity contribution is 5.27. The van der Waals surface area contributed by atoms with E-state index in [1.165, 1.54) is 0 Å². The third-order valence-electron chi connectivity index (χ3n) is 2.80. The minimum absolute atomic E-state index is 0.0922. The maximum Gasteiger partial charge on any atom is 0.227 e. The van der Waals surface area contributed by atoms with Crippen molar-refractivity contribution in [3.8, 4) is 5.75 Å². The van der Waals surface area contributed by atoms with Crippen molar-refractivity contribution < 1.29 is 9.63 Å². The maximum absolute atomic E-state index is 9.23. The number of nitrogens with zero attached hydrogens (tertiary/aromatic N) is 2. The van der Waals surface area contributed by atoms with Crippen LogP contribution in [-0.2, 0) is 12.8 Å². The van der Waals surface area contributed by atoms with E-state index in [0.717, 1.165) is 18.5 Å². The molecule has 2 aromatic rings. The minimum atomic E-state index is 0.0922. The lowest BCUT2D eigenvalue weighted by Crippen LogP contribution is -2.37. The Hall–Kier alpha value is -1.88. The first-order valence-electron chi connectivity index (χ1n) is 6.77. The van der Waals surface area contributed by atoms with Crippen molar-refractivity contribution in [3.63, 3.8) is 0 Å². The van der Waals surface area contributed by atoms with Crippen LogP contribution >= 0.6 is 0 Å². The summed E-state index contributed by atoms with van der Waals surface area (Å²) in [4.78, 5) is 4.37. The molecule has 0 aliphatic rings. The fourth-order valence-electron chi connectivity index (χ4n) is 1.80. The van der Waals surface area contributed by atoms with E-state index in [2.05, 4.69) is 36.2 Å². The molecule has 0 radical (unpaired) electrons. The molecule has 0 aliphatic carbocycles. The second kappa shape index (κ2) is 6.05. The number of rotatable bonds is 5. The van der Waals surface area contributed by atoms with E-state index < -0.39 is 0 Å². The van der Waals surface area contributed by atoms with Gasteiger partial charge in [0, 0.05) is 24.9 Å². The molecule has 1 heterocycles. The van der Waals surface area contributed by atoms with Crippen LogP contribution in [0.25, 0.3) is 0 Å². The van der Waals surface area contributed by atoms with Gasteiger partial charge in [-0.15, -0.1) is 0 Å². The average Bonchev–Trinajstić information content (AvgIpc) is 2.78. The van der Waals surface area contributed by atoms with Crippen molar-refractivity contribution in [2.45, 2.75) is 39.2 Å². The van der Waals surface area contributed by atoms with Gasteiger partial charge >= 0.3 is 0 Å². The molecule has 0 amide bonds. The van der Waals surface area contributed by atoms with Gasteiger partial charge in [-0.25, -0.2) is 0 Å². The normalized spacial score (nSPS) is 11.8. The summed E-state index contributed by atoms with van der Waals surface area (Å²) < 4.78 is 5.22. The van der Waals surface area contributed by atoms with Gasteiger partial charge in [0.25, 0.3) is 0 Å². The van der Waals surface area contributed by atoms with Crippen LogP contribution in [0.4, 0.5) is 0 Å². The zero-order chi connectivity index (χ0) is 14.6. The molecule has 1 aromatic heterocycles. The number of aromatic nitrogens is 2. The molecule has 0 bridgehead atoms. The fraction of sp³-hybridized carbons (Fsp3) is 0.467. The summed E-state index contributed by atoms with van der Waals surface area (Å²) in [6.45, 7) is 7.18. The molecular formula is C15H21N3O2. The number of nitrogens with one attached hydrogen (secondary N) is 1. The number of phenolic OH excluding ortho intramolecular Hbond substituents is 1. The molecule has 108 valence electrons. The monoisotopic (exact) mass is 275 g/mol. The van der Waals surface area contributed by atoms with Gasteiger partial charge in [-0.1, -0.05) is 17.3 Å². The predicted molar refractivity (Wildman–Crippen MR) is 76.7 cm³/mol. The quantitative estimate of drug-likeness (QED) is 0.876. The topological polar surface area (TPSA) is 71.2 Å². The molecule has 0 unspecified atom stereocenters. The smallest absolute Gasteiger partial charge is 0.227 e. The summed E-state index contributed by atoms with van der Waals surface area (Å²) >= 11 is 0. The van der Waals surface area contributed by atoms with Gasteiger partial charge in [0.15, 0.2) is 5.82 Å². The van der Waals surface area contributed by atoms with Crippen molar-refractivity contribution in [1.29, 1.82) is 0 Å². The van der Waals surface area contributed by atoms with Gasteiger partial charge in [-0.3, -0.25) is 0 Å². The molecule has 1 aromatic carbocycles. The molecule has 0 aliphatic heterocycles. The van der Waals surface area contributed by atoms with Gasteiger partial charge in [-0.05, 0) is 38.5 Å². The van der Waals surface area contributed by atoms with Crippen LogP contribution in [0.5, 0.6) is 5.75 Å². The molecule has 0 spiro atoms. The predicted octanol–water partition coefficient (Wildman–Crippen LogP) is 2.30. The summed E-state index contributed by atoms with van der Waals surface area (Å²) in [6.07, 6.45) is 1.33. The zero-order valence-electron chi connectivity index (χ0n) is 12.2. The first kappa shape index (κ1) is 14.5. The summed E-state index contributed by atoms with van der Waals surface area (Å²) in [7, 11) is 0. The average molecular weight is 275 g/mol. The van der Waals surface area contributed by atoms with Crippen LogP contribution in [0.15, 0.2) is 28.8 Å². The first-order chi connectivity index (χ1) is 9.42. The van der Waals surface area contributed by atoms with Crippen molar-refractivity contribution >= 4 is 0 Å². The van der Waals surface area contributed by atoms with Crippen LogP contribution in [0.1, 0.15) is 38.0 Å². The molecule has 0 saturated heterocycles. The Balaban J connectivity index is 1.87. The van der Waals surface area contributed by atoms with E-state index in [9.17, 15) is 5.11 Å². The molecule has 2 N–H and O–H groups in total. The summed E-state index contributed by atoms with van der Waals surface area (Å²) in [6, 6.07) is 7.02. The van der Waals surface area contributed by atoms with Crippen molar-refractivity contribution in [2.24, 2.45) is 0 Å². The lowest BCUT2D eigenvalue weighted by atomic mass is 10.1. The Kier molecular flexibility index (Phi) is 4.39. The van der Waals surface area contributed by atoms with Crippen molar-refractivity contribution in [1.82, 2.24) is 15.5 Å². The standard InChI is InChI=1S/C15H21N3O2/c1-15(2,3)16-9-8-14-17-13(18-20-14)10-11-4-6-12(19)7-5-11/h4-7,16,19H,8-10H2,1-3H3. The summed E-state index contributed by atoms with van der Waals surface area (Å²) in [5, 5.41) is 16.6. The summed E-state index contributed by atoms with van der Waals surface area (Å²) in [5.41, 5.74) is 1.14.